The van der Waals surface area contributed by atoms with Crippen LogP contribution in [0.4, 0.5) is 0 Å². The lowest BCUT2D eigenvalue weighted by molar-refractivity contribution is 0.141. The monoisotopic (exact) mass is 272 g/mol. The maximum atomic E-state index is 9.80. The molecule has 0 bridgehead atoms. The van der Waals surface area contributed by atoms with Gasteiger partial charge in [-0.15, -0.1) is 0 Å². The van der Waals surface area contributed by atoms with Crippen molar-refractivity contribution in [2.24, 2.45) is 5.92 Å². The summed E-state index contributed by atoms with van der Waals surface area (Å²) in [7, 11) is 0. The quantitative estimate of drug-likeness (QED) is 0.788. The van der Waals surface area contributed by atoms with Crippen molar-refractivity contribution in [1.82, 2.24) is 0 Å². The zero-order chi connectivity index (χ0) is 12.3. The summed E-state index contributed by atoms with van der Waals surface area (Å²) in [6, 6.07) is 5.79. The molecule has 1 N–H and O–H groups in total. The van der Waals surface area contributed by atoms with Crippen molar-refractivity contribution in [1.29, 1.82) is 0 Å². The van der Waals surface area contributed by atoms with E-state index in [2.05, 4.69) is 0 Å². The molecule has 0 aliphatic heterocycles. The van der Waals surface area contributed by atoms with Crippen molar-refractivity contribution in [3.63, 3.8) is 0 Å². The van der Waals surface area contributed by atoms with E-state index in [0.717, 1.165) is 31.2 Å². The molecule has 1 saturated carbocycles. The molecule has 17 heavy (non-hydrogen) atoms. The molecule has 0 saturated heterocycles. The van der Waals surface area contributed by atoms with E-state index in [0.29, 0.717) is 16.0 Å². The average Bonchev–Trinajstić information content (AvgIpc) is 2.49. The summed E-state index contributed by atoms with van der Waals surface area (Å²) in [5, 5.41) is 11.1. The largest absolute Gasteiger partial charge is 0.393 e. The molecule has 0 aromatic heterocycles. The molecule has 2 atom stereocenters. The topological polar surface area (TPSA) is 20.2 Å². The fourth-order valence-electron chi connectivity index (χ4n) is 2.64. The molecule has 0 amide bonds. The first-order valence-electron chi connectivity index (χ1n) is 6.27. The summed E-state index contributed by atoms with van der Waals surface area (Å²) < 4.78 is 0. The number of rotatable bonds is 2. The Balaban J connectivity index is 2.06. The number of aliphatic hydroxyl groups is 1. The van der Waals surface area contributed by atoms with Gasteiger partial charge in [0.05, 0.1) is 16.1 Å². The second-order valence-electron chi connectivity index (χ2n) is 4.96. The Hall–Kier alpha value is -0.240. The van der Waals surface area contributed by atoms with Crippen molar-refractivity contribution in [2.75, 3.05) is 0 Å². The normalized spacial score (nSPS) is 25.6. The first-order chi connectivity index (χ1) is 8.16. The Morgan fingerprint density at radius 2 is 1.94 bits per heavy atom. The molecular weight excluding hydrogens is 255 g/mol. The zero-order valence-electron chi connectivity index (χ0n) is 9.83. The SMILES string of the molecule is OC1CCCCC(Cc2cccc(Cl)c2Cl)C1. The smallest absolute Gasteiger partial charge is 0.0624 e. The van der Waals surface area contributed by atoms with E-state index < -0.39 is 0 Å². The molecule has 1 aromatic rings. The van der Waals surface area contributed by atoms with Crippen LogP contribution in [0.1, 0.15) is 37.7 Å². The first kappa shape index (κ1) is 13.2. The van der Waals surface area contributed by atoms with E-state index in [1.165, 1.54) is 12.8 Å². The number of hydrogen-bond donors (Lipinski definition) is 1. The minimum Gasteiger partial charge on any atom is -0.393 e. The highest BCUT2D eigenvalue weighted by Gasteiger charge is 2.19. The van der Waals surface area contributed by atoms with Crippen LogP contribution in [0.15, 0.2) is 18.2 Å². The lowest BCUT2D eigenvalue weighted by Gasteiger charge is -2.17. The van der Waals surface area contributed by atoms with Crippen molar-refractivity contribution >= 4 is 23.2 Å². The fourth-order valence-corrected chi connectivity index (χ4v) is 3.03. The van der Waals surface area contributed by atoms with Crippen LogP contribution in [0.3, 0.4) is 0 Å². The molecule has 1 nitrogen and oxygen atoms in total. The maximum Gasteiger partial charge on any atom is 0.0624 e. The van der Waals surface area contributed by atoms with Gasteiger partial charge < -0.3 is 5.11 Å². The molecule has 1 aromatic carbocycles. The Bertz CT molecular complexity index is 378. The van der Waals surface area contributed by atoms with Gasteiger partial charge in [0.15, 0.2) is 0 Å². The number of aliphatic hydroxyl groups excluding tert-OH is 1. The Morgan fingerprint density at radius 1 is 1.18 bits per heavy atom. The highest BCUT2D eigenvalue weighted by molar-refractivity contribution is 6.42. The Morgan fingerprint density at radius 3 is 2.76 bits per heavy atom. The first-order valence-corrected chi connectivity index (χ1v) is 7.03. The number of halogens is 2. The van der Waals surface area contributed by atoms with E-state index in [-0.39, 0.29) is 6.10 Å². The minimum atomic E-state index is -0.138. The molecule has 0 radical (unpaired) electrons. The molecule has 1 fully saturated rings. The van der Waals surface area contributed by atoms with E-state index in [1.807, 2.05) is 18.2 Å². The molecular formula is C14H18Cl2O. The van der Waals surface area contributed by atoms with E-state index in [9.17, 15) is 5.11 Å². The van der Waals surface area contributed by atoms with Crippen LogP contribution in [-0.2, 0) is 6.42 Å². The van der Waals surface area contributed by atoms with Gasteiger partial charge >= 0.3 is 0 Å². The van der Waals surface area contributed by atoms with Gasteiger partial charge in [-0.1, -0.05) is 54.6 Å². The van der Waals surface area contributed by atoms with Crippen molar-refractivity contribution in [2.45, 2.75) is 44.6 Å². The Kier molecular flexibility index (Phi) is 4.72. The lowest BCUT2D eigenvalue weighted by atomic mass is 9.92. The van der Waals surface area contributed by atoms with Crippen molar-refractivity contribution < 1.29 is 5.11 Å². The third kappa shape index (κ3) is 3.61. The maximum absolute atomic E-state index is 9.80. The second kappa shape index (κ2) is 6.08. The summed E-state index contributed by atoms with van der Waals surface area (Å²) in [5.74, 6) is 0.531. The van der Waals surface area contributed by atoms with Crippen molar-refractivity contribution in [3.05, 3.63) is 33.8 Å². The summed E-state index contributed by atoms with van der Waals surface area (Å²) in [5.41, 5.74) is 1.11. The zero-order valence-corrected chi connectivity index (χ0v) is 11.3. The van der Waals surface area contributed by atoms with Gasteiger partial charge in [0.25, 0.3) is 0 Å². The van der Waals surface area contributed by atoms with Crippen LogP contribution in [-0.4, -0.2) is 11.2 Å². The van der Waals surface area contributed by atoms with Crippen LogP contribution in [0.5, 0.6) is 0 Å². The highest BCUT2D eigenvalue weighted by Crippen LogP contribution is 2.31. The molecule has 2 unspecified atom stereocenters. The minimum absolute atomic E-state index is 0.138. The summed E-state index contributed by atoms with van der Waals surface area (Å²) in [6.45, 7) is 0. The summed E-state index contributed by atoms with van der Waals surface area (Å²) in [6.07, 6.45) is 6.15. The molecule has 94 valence electrons. The van der Waals surface area contributed by atoms with Crippen molar-refractivity contribution in [3.8, 4) is 0 Å². The molecule has 0 spiro atoms. The molecule has 1 aliphatic carbocycles. The van der Waals surface area contributed by atoms with Crippen LogP contribution >= 0.6 is 23.2 Å². The standard InChI is InChI=1S/C14H18Cl2O/c15-13-7-3-5-11(14(13)16)8-10-4-1-2-6-12(17)9-10/h3,5,7,10,12,17H,1-2,4,6,8-9H2. The molecule has 0 heterocycles. The molecule has 2 rings (SSSR count). The van der Waals surface area contributed by atoms with Crippen LogP contribution in [0.2, 0.25) is 10.0 Å². The lowest BCUT2D eigenvalue weighted by Crippen LogP contribution is -2.12. The predicted octanol–water partition coefficient (Wildman–Crippen LogP) is 4.48. The van der Waals surface area contributed by atoms with E-state index in [4.69, 9.17) is 23.2 Å². The summed E-state index contributed by atoms with van der Waals surface area (Å²) in [4.78, 5) is 0. The van der Waals surface area contributed by atoms with Gasteiger partial charge in [-0.25, -0.2) is 0 Å². The fraction of sp³-hybridized carbons (Fsp3) is 0.571. The third-order valence-electron chi connectivity index (χ3n) is 3.55. The van der Waals surface area contributed by atoms with E-state index in [1.54, 1.807) is 0 Å². The molecule has 3 heteroatoms. The van der Waals surface area contributed by atoms with Gasteiger partial charge in [-0.3, -0.25) is 0 Å². The van der Waals surface area contributed by atoms with Gasteiger partial charge in [0, 0.05) is 0 Å². The summed E-state index contributed by atoms with van der Waals surface area (Å²) >= 11 is 12.2. The van der Waals surface area contributed by atoms with Crippen LogP contribution in [0.25, 0.3) is 0 Å². The number of benzene rings is 1. The van der Waals surface area contributed by atoms with Gasteiger partial charge in [-0.2, -0.15) is 0 Å². The van der Waals surface area contributed by atoms with Gasteiger partial charge in [0.2, 0.25) is 0 Å². The van der Waals surface area contributed by atoms with Gasteiger partial charge in [-0.05, 0) is 36.8 Å². The van der Waals surface area contributed by atoms with Crippen LogP contribution < -0.4 is 0 Å². The highest BCUT2D eigenvalue weighted by atomic mass is 35.5. The number of hydrogen-bond acceptors (Lipinski definition) is 1. The third-order valence-corrected chi connectivity index (χ3v) is 4.40. The predicted molar refractivity (Wildman–Crippen MR) is 72.7 cm³/mol. The van der Waals surface area contributed by atoms with Gasteiger partial charge in [0.1, 0.15) is 0 Å². The average molecular weight is 273 g/mol. The second-order valence-corrected chi connectivity index (χ2v) is 5.74. The van der Waals surface area contributed by atoms with E-state index >= 15 is 0 Å². The molecule has 1 aliphatic rings. The Labute approximate surface area is 113 Å². The van der Waals surface area contributed by atoms with Crippen LogP contribution in [0, 0.1) is 5.92 Å².